The number of likely N-dealkylation sites (tertiary alicyclic amines) is 1. The smallest absolute Gasteiger partial charge is 0.369 e. The van der Waals surface area contributed by atoms with Gasteiger partial charge in [0.25, 0.3) is 0 Å². The number of benzene rings is 1. The quantitative estimate of drug-likeness (QED) is 0.918. The Morgan fingerprint density at radius 3 is 2.42 bits per heavy atom. The van der Waals surface area contributed by atoms with Crippen LogP contribution in [0, 0.1) is 5.92 Å². The molecule has 4 nitrogen and oxygen atoms in total. The van der Waals surface area contributed by atoms with Crippen molar-refractivity contribution in [2.24, 2.45) is 11.7 Å². The van der Waals surface area contributed by atoms with E-state index in [-0.39, 0.29) is 12.5 Å². The number of halogens is 3. The molecule has 0 bridgehead atoms. The van der Waals surface area contributed by atoms with Gasteiger partial charge in [0.2, 0.25) is 11.8 Å². The molecule has 7 heteroatoms. The molecule has 2 N–H and O–H groups in total. The molecule has 24 heavy (non-hydrogen) atoms. The second-order valence-electron chi connectivity index (χ2n) is 6.70. The molecular formula is C17H21F3N2O2. The van der Waals surface area contributed by atoms with Crippen LogP contribution in [0.4, 0.5) is 13.2 Å². The predicted molar refractivity (Wildman–Crippen MR) is 83.0 cm³/mol. The van der Waals surface area contributed by atoms with Crippen LogP contribution in [0.2, 0.25) is 0 Å². The van der Waals surface area contributed by atoms with Crippen molar-refractivity contribution in [1.29, 1.82) is 0 Å². The van der Waals surface area contributed by atoms with Crippen LogP contribution in [-0.2, 0) is 21.2 Å². The van der Waals surface area contributed by atoms with Crippen LogP contribution in [0.15, 0.2) is 24.3 Å². The van der Waals surface area contributed by atoms with Gasteiger partial charge in [0.05, 0.1) is 16.9 Å². The number of nitrogens with zero attached hydrogens (tertiary/aromatic N) is 1. The summed E-state index contributed by atoms with van der Waals surface area (Å²) in [5, 5.41) is 0. The molecule has 1 heterocycles. The van der Waals surface area contributed by atoms with Crippen LogP contribution >= 0.6 is 0 Å². The highest BCUT2D eigenvalue weighted by atomic mass is 19.4. The van der Waals surface area contributed by atoms with E-state index in [2.05, 4.69) is 0 Å². The molecule has 1 aliphatic heterocycles. The molecule has 0 aliphatic carbocycles. The van der Waals surface area contributed by atoms with Crippen molar-refractivity contribution in [3.8, 4) is 0 Å². The van der Waals surface area contributed by atoms with E-state index in [4.69, 9.17) is 5.73 Å². The summed E-state index contributed by atoms with van der Waals surface area (Å²) >= 11 is 0. The Bertz CT molecular complexity index is 641. The summed E-state index contributed by atoms with van der Waals surface area (Å²) in [4.78, 5) is 25.7. The first kappa shape index (κ1) is 18.3. The molecule has 0 aromatic heterocycles. The van der Waals surface area contributed by atoms with Gasteiger partial charge in [0, 0.05) is 13.1 Å². The lowest BCUT2D eigenvalue weighted by Gasteiger charge is -2.37. The maximum absolute atomic E-state index is 12.9. The molecule has 0 unspecified atom stereocenters. The molecule has 1 aromatic rings. The van der Waals surface area contributed by atoms with E-state index >= 15 is 0 Å². The minimum absolute atomic E-state index is 0.219. The number of amides is 2. The third kappa shape index (κ3) is 3.71. The summed E-state index contributed by atoms with van der Waals surface area (Å²) in [6, 6.07) is 4.81. The molecule has 1 atom stereocenters. The van der Waals surface area contributed by atoms with Crippen LogP contribution in [-0.4, -0.2) is 29.8 Å². The van der Waals surface area contributed by atoms with E-state index in [0.29, 0.717) is 24.9 Å². The summed E-state index contributed by atoms with van der Waals surface area (Å²) < 4.78 is 38.7. The number of nitrogens with two attached hydrogens (primary N) is 1. The largest absolute Gasteiger partial charge is 0.416 e. The highest BCUT2D eigenvalue weighted by Gasteiger charge is 2.38. The van der Waals surface area contributed by atoms with Crippen molar-refractivity contribution in [3.63, 3.8) is 0 Å². The summed E-state index contributed by atoms with van der Waals surface area (Å²) in [7, 11) is 0. The first-order valence-corrected chi connectivity index (χ1v) is 7.80. The molecule has 0 saturated carbocycles. The maximum atomic E-state index is 12.9. The average molecular weight is 342 g/mol. The number of hydrogen-bond donors (Lipinski definition) is 1. The Hall–Kier alpha value is -2.05. The van der Waals surface area contributed by atoms with E-state index < -0.39 is 29.0 Å². The zero-order valence-electron chi connectivity index (χ0n) is 13.7. The molecular weight excluding hydrogens is 321 g/mol. The number of carbonyl (C=O) groups excluding carboxylic acids is 2. The standard InChI is InChI=1S/C17H21F3N2O2/c1-16(2,12-6-3-7-13(9-12)17(18,19)20)15(24)22-8-4-5-11(10-22)14(21)23/h3,6-7,9,11H,4-5,8,10H2,1-2H3,(H2,21,23)/t11-/m0/s1. The summed E-state index contributed by atoms with van der Waals surface area (Å²) in [5.41, 5.74) is 3.70. The van der Waals surface area contributed by atoms with Gasteiger partial charge in [0.15, 0.2) is 0 Å². The van der Waals surface area contributed by atoms with Gasteiger partial charge in [-0.25, -0.2) is 0 Å². The van der Waals surface area contributed by atoms with E-state index in [9.17, 15) is 22.8 Å². The van der Waals surface area contributed by atoms with Gasteiger partial charge in [-0.1, -0.05) is 18.2 Å². The molecule has 1 aromatic carbocycles. The zero-order valence-corrected chi connectivity index (χ0v) is 13.7. The van der Waals surface area contributed by atoms with E-state index in [1.807, 2.05) is 0 Å². The number of rotatable bonds is 3. The Morgan fingerprint density at radius 1 is 1.21 bits per heavy atom. The Kier molecular flexibility index (Phi) is 4.92. The molecule has 132 valence electrons. The van der Waals surface area contributed by atoms with Crippen LogP contribution in [0.25, 0.3) is 0 Å². The van der Waals surface area contributed by atoms with E-state index in [1.165, 1.54) is 17.0 Å². The minimum atomic E-state index is -4.46. The monoisotopic (exact) mass is 342 g/mol. The Balaban J connectivity index is 2.26. The number of carbonyl (C=O) groups is 2. The van der Waals surface area contributed by atoms with Crippen LogP contribution in [0.1, 0.15) is 37.8 Å². The second kappa shape index (κ2) is 6.45. The molecule has 2 rings (SSSR count). The molecule has 2 amide bonds. The fourth-order valence-electron chi connectivity index (χ4n) is 3.00. The van der Waals surface area contributed by atoms with Gasteiger partial charge >= 0.3 is 6.18 Å². The van der Waals surface area contributed by atoms with Crippen LogP contribution in [0.5, 0.6) is 0 Å². The molecule has 0 radical (unpaired) electrons. The van der Waals surface area contributed by atoms with Gasteiger partial charge in [0.1, 0.15) is 0 Å². The van der Waals surface area contributed by atoms with Crippen molar-refractivity contribution in [2.75, 3.05) is 13.1 Å². The van der Waals surface area contributed by atoms with Crippen molar-refractivity contribution in [1.82, 2.24) is 4.90 Å². The second-order valence-corrected chi connectivity index (χ2v) is 6.70. The van der Waals surface area contributed by atoms with Gasteiger partial charge in [-0.3, -0.25) is 9.59 Å². The molecule has 1 aliphatic rings. The summed E-state index contributed by atoms with van der Waals surface area (Å²) in [6.07, 6.45) is -3.18. The van der Waals surface area contributed by atoms with Crippen molar-refractivity contribution >= 4 is 11.8 Å². The highest BCUT2D eigenvalue weighted by Crippen LogP contribution is 2.34. The van der Waals surface area contributed by atoms with Crippen molar-refractivity contribution < 1.29 is 22.8 Å². The van der Waals surface area contributed by atoms with Crippen molar-refractivity contribution in [3.05, 3.63) is 35.4 Å². The van der Waals surface area contributed by atoms with Gasteiger partial charge in [-0.15, -0.1) is 0 Å². The normalized spacial score (nSPS) is 19.2. The lowest BCUT2D eigenvalue weighted by Crippen LogP contribution is -2.50. The lowest BCUT2D eigenvalue weighted by molar-refractivity contribution is -0.140. The summed E-state index contributed by atoms with van der Waals surface area (Å²) in [5.74, 6) is -1.16. The minimum Gasteiger partial charge on any atom is -0.369 e. The average Bonchev–Trinajstić information content (AvgIpc) is 2.53. The van der Waals surface area contributed by atoms with Crippen LogP contribution < -0.4 is 5.73 Å². The Labute approximate surface area is 138 Å². The third-order valence-corrected chi connectivity index (χ3v) is 4.56. The van der Waals surface area contributed by atoms with E-state index in [1.54, 1.807) is 13.8 Å². The van der Waals surface area contributed by atoms with Gasteiger partial charge in [-0.05, 0) is 38.3 Å². The predicted octanol–water partition coefficient (Wildman–Crippen LogP) is 2.71. The van der Waals surface area contributed by atoms with Crippen molar-refractivity contribution in [2.45, 2.75) is 38.3 Å². The number of hydrogen-bond acceptors (Lipinski definition) is 2. The Morgan fingerprint density at radius 2 is 1.83 bits per heavy atom. The van der Waals surface area contributed by atoms with Gasteiger partial charge in [-0.2, -0.15) is 13.2 Å². The highest BCUT2D eigenvalue weighted by molar-refractivity contribution is 5.88. The first-order chi connectivity index (χ1) is 11.0. The maximum Gasteiger partial charge on any atom is 0.416 e. The zero-order chi connectivity index (χ0) is 18.1. The number of alkyl halides is 3. The molecule has 1 saturated heterocycles. The van der Waals surface area contributed by atoms with Gasteiger partial charge < -0.3 is 10.6 Å². The number of piperidine rings is 1. The van der Waals surface area contributed by atoms with Crippen LogP contribution in [0.3, 0.4) is 0 Å². The fraction of sp³-hybridized carbons (Fsp3) is 0.529. The lowest BCUT2D eigenvalue weighted by atomic mass is 9.81. The SMILES string of the molecule is CC(C)(C(=O)N1CCC[C@H](C(N)=O)C1)c1cccc(C(F)(F)F)c1. The molecule has 0 spiro atoms. The summed E-state index contributed by atoms with van der Waals surface area (Å²) in [6.45, 7) is 3.89. The third-order valence-electron chi connectivity index (χ3n) is 4.56. The fourth-order valence-corrected chi connectivity index (χ4v) is 3.00. The molecule has 1 fully saturated rings. The number of primary amides is 1. The van der Waals surface area contributed by atoms with E-state index in [0.717, 1.165) is 12.1 Å². The topological polar surface area (TPSA) is 63.4 Å². The first-order valence-electron chi connectivity index (χ1n) is 7.80.